The second-order valence-corrected chi connectivity index (χ2v) is 5.33. The van der Waals surface area contributed by atoms with Crippen molar-refractivity contribution in [2.24, 2.45) is 0 Å². The van der Waals surface area contributed by atoms with E-state index in [1.165, 1.54) is 0 Å². The van der Waals surface area contributed by atoms with Gasteiger partial charge in [0.25, 0.3) is 0 Å². The Labute approximate surface area is 126 Å². The first-order valence-electron chi connectivity index (χ1n) is 7.24. The predicted octanol–water partition coefficient (Wildman–Crippen LogP) is 0.470. The van der Waals surface area contributed by atoms with Crippen molar-refractivity contribution in [3.05, 3.63) is 0 Å². The minimum Gasteiger partial charge on any atom is -0.351 e. The van der Waals surface area contributed by atoms with Crippen LogP contribution < -0.4 is 16.0 Å². The molecule has 0 aromatic heterocycles. The Morgan fingerprint density at radius 3 is 2.80 bits per heavy atom. The van der Waals surface area contributed by atoms with Crippen LogP contribution in [-0.2, 0) is 4.79 Å². The van der Waals surface area contributed by atoms with Crippen molar-refractivity contribution >= 4 is 24.3 Å². The van der Waals surface area contributed by atoms with Gasteiger partial charge in [-0.05, 0) is 32.7 Å². The molecule has 0 bridgehead atoms. The number of hydrogen-bond acceptors (Lipinski definition) is 3. The molecule has 0 aromatic rings. The first-order chi connectivity index (χ1) is 9.19. The number of carbonyl (C=O) groups excluding carboxylic acids is 2. The summed E-state index contributed by atoms with van der Waals surface area (Å²) in [5.41, 5.74) is 0. The molecular formula is C13H25ClN4O2. The monoisotopic (exact) mass is 304 g/mol. The maximum absolute atomic E-state index is 11.9. The number of hydrogen-bond donors (Lipinski definition) is 3. The molecule has 116 valence electrons. The number of rotatable bonds is 4. The summed E-state index contributed by atoms with van der Waals surface area (Å²) in [6, 6.07) is 0.411. The third-order valence-corrected chi connectivity index (χ3v) is 3.76. The van der Waals surface area contributed by atoms with Crippen molar-refractivity contribution in [2.45, 2.75) is 44.7 Å². The Balaban J connectivity index is 0.00000200. The molecule has 2 unspecified atom stereocenters. The summed E-state index contributed by atoms with van der Waals surface area (Å²) < 4.78 is 0. The quantitative estimate of drug-likeness (QED) is 0.707. The third-order valence-electron chi connectivity index (χ3n) is 3.76. The van der Waals surface area contributed by atoms with Gasteiger partial charge in [0.1, 0.15) is 0 Å². The zero-order valence-electron chi connectivity index (χ0n) is 12.0. The first-order valence-corrected chi connectivity index (χ1v) is 7.24. The molecule has 0 saturated carbocycles. The van der Waals surface area contributed by atoms with E-state index >= 15 is 0 Å². The summed E-state index contributed by atoms with van der Waals surface area (Å²) in [6.07, 6.45) is 3.65. The SMILES string of the molecule is CCNC(=O)N1CCC(NC(=O)CC2CCCN2)C1.Cl. The molecule has 3 amide bonds. The van der Waals surface area contributed by atoms with E-state index in [9.17, 15) is 9.59 Å². The fraction of sp³-hybridized carbons (Fsp3) is 0.846. The van der Waals surface area contributed by atoms with E-state index in [1.807, 2.05) is 6.92 Å². The van der Waals surface area contributed by atoms with Gasteiger partial charge >= 0.3 is 6.03 Å². The summed E-state index contributed by atoms with van der Waals surface area (Å²) >= 11 is 0. The fourth-order valence-corrected chi connectivity index (χ4v) is 2.77. The molecule has 2 heterocycles. The van der Waals surface area contributed by atoms with Crippen LogP contribution in [0.5, 0.6) is 0 Å². The van der Waals surface area contributed by atoms with Crippen LogP contribution in [-0.4, -0.2) is 55.1 Å². The largest absolute Gasteiger partial charge is 0.351 e. The number of halogens is 1. The highest BCUT2D eigenvalue weighted by Crippen LogP contribution is 2.11. The molecule has 3 N–H and O–H groups in total. The van der Waals surface area contributed by atoms with Crippen LogP contribution in [0.25, 0.3) is 0 Å². The van der Waals surface area contributed by atoms with E-state index in [1.54, 1.807) is 4.90 Å². The lowest BCUT2D eigenvalue weighted by molar-refractivity contribution is -0.122. The maximum atomic E-state index is 11.9. The van der Waals surface area contributed by atoms with Gasteiger partial charge in [0.15, 0.2) is 0 Å². The predicted molar refractivity (Wildman–Crippen MR) is 80.1 cm³/mol. The lowest BCUT2D eigenvalue weighted by Gasteiger charge is -2.18. The van der Waals surface area contributed by atoms with Crippen molar-refractivity contribution in [3.8, 4) is 0 Å². The van der Waals surface area contributed by atoms with Crippen LogP contribution in [0.2, 0.25) is 0 Å². The van der Waals surface area contributed by atoms with Crippen molar-refractivity contribution in [3.63, 3.8) is 0 Å². The van der Waals surface area contributed by atoms with Gasteiger partial charge in [-0.15, -0.1) is 12.4 Å². The lowest BCUT2D eigenvalue weighted by atomic mass is 10.1. The zero-order valence-corrected chi connectivity index (χ0v) is 12.8. The van der Waals surface area contributed by atoms with E-state index in [4.69, 9.17) is 0 Å². The molecule has 20 heavy (non-hydrogen) atoms. The Hall–Kier alpha value is -1.01. The van der Waals surface area contributed by atoms with E-state index < -0.39 is 0 Å². The zero-order chi connectivity index (χ0) is 13.7. The molecule has 0 radical (unpaired) electrons. The molecule has 7 heteroatoms. The molecule has 2 aliphatic rings. The Morgan fingerprint density at radius 1 is 1.35 bits per heavy atom. The van der Waals surface area contributed by atoms with Gasteiger partial charge in [-0.3, -0.25) is 4.79 Å². The van der Waals surface area contributed by atoms with Crippen LogP contribution in [0.3, 0.4) is 0 Å². The topological polar surface area (TPSA) is 73.5 Å². The third kappa shape index (κ3) is 4.83. The van der Waals surface area contributed by atoms with E-state index in [0.717, 1.165) is 32.4 Å². The highest BCUT2D eigenvalue weighted by Gasteiger charge is 2.27. The molecule has 0 aliphatic carbocycles. The maximum Gasteiger partial charge on any atom is 0.317 e. The average molecular weight is 305 g/mol. The number of nitrogens with one attached hydrogen (secondary N) is 3. The number of carbonyl (C=O) groups is 2. The fourth-order valence-electron chi connectivity index (χ4n) is 2.77. The van der Waals surface area contributed by atoms with Crippen LogP contribution in [0.4, 0.5) is 4.79 Å². The molecule has 0 spiro atoms. The Kier molecular flexibility index (Phi) is 7.09. The first kappa shape index (κ1) is 17.0. The van der Waals surface area contributed by atoms with Crippen molar-refractivity contribution < 1.29 is 9.59 Å². The second kappa shape index (κ2) is 8.32. The van der Waals surface area contributed by atoms with Crippen molar-refractivity contribution in [2.75, 3.05) is 26.2 Å². The molecule has 2 saturated heterocycles. The normalized spacial score (nSPS) is 25.1. The van der Waals surface area contributed by atoms with Gasteiger partial charge < -0.3 is 20.9 Å². The van der Waals surface area contributed by atoms with Gasteiger partial charge in [-0.2, -0.15) is 0 Å². The molecule has 2 atom stereocenters. The summed E-state index contributed by atoms with van der Waals surface area (Å²) in [5.74, 6) is 0.0992. The van der Waals surface area contributed by atoms with E-state index in [2.05, 4.69) is 16.0 Å². The lowest BCUT2D eigenvalue weighted by Crippen LogP contribution is -2.43. The molecule has 2 aliphatic heterocycles. The summed E-state index contributed by atoms with van der Waals surface area (Å²) in [4.78, 5) is 25.3. The minimum absolute atomic E-state index is 0. The van der Waals surface area contributed by atoms with Crippen LogP contribution in [0.1, 0.15) is 32.6 Å². The smallest absolute Gasteiger partial charge is 0.317 e. The molecule has 6 nitrogen and oxygen atoms in total. The van der Waals surface area contributed by atoms with Gasteiger partial charge in [0.2, 0.25) is 5.91 Å². The number of likely N-dealkylation sites (tertiary alicyclic amines) is 1. The van der Waals surface area contributed by atoms with Gasteiger partial charge in [0.05, 0.1) is 0 Å². The molecule has 2 fully saturated rings. The van der Waals surface area contributed by atoms with Crippen LogP contribution in [0, 0.1) is 0 Å². The second-order valence-electron chi connectivity index (χ2n) is 5.33. The highest BCUT2D eigenvalue weighted by molar-refractivity contribution is 5.85. The summed E-state index contributed by atoms with van der Waals surface area (Å²) in [7, 11) is 0. The number of amides is 3. The standard InChI is InChI=1S/C13H24N4O2.ClH/c1-2-14-13(19)17-7-5-11(9-17)16-12(18)8-10-4-3-6-15-10;/h10-11,15H,2-9H2,1H3,(H,14,19)(H,16,18);1H. The summed E-state index contributed by atoms with van der Waals surface area (Å²) in [6.45, 7) is 4.90. The Bertz CT molecular complexity index is 334. The summed E-state index contributed by atoms with van der Waals surface area (Å²) in [5, 5.41) is 9.14. The minimum atomic E-state index is -0.0308. The van der Waals surface area contributed by atoms with Crippen LogP contribution in [0.15, 0.2) is 0 Å². The van der Waals surface area contributed by atoms with E-state index in [0.29, 0.717) is 25.6 Å². The molecular weight excluding hydrogens is 280 g/mol. The van der Waals surface area contributed by atoms with Gasteiger partial charge in [0, 0.05) is 38.1 Å². The molecule has 0 aromatic carbocycles. The highest BCUT2D eigenvalue weighted by atomic mass is 35.5. The molecule has 2 rings (SSSR count). The van der Waals surface area contributed by atoms with Crippen molar-refractivity contribution in [1.29, 1.82) is 0 Å². The Morgan fingerprint density at radius 2 is 2.15 bits per heavy atom. The average Bonchev–Trinajstić information content (AvgIpc) is 3.00. The van der Waals surface area contributed by atoms with Gasteiger partial charge in [-0.1, -0.05) is 0 Å². The van der Waals surface area contributed by atoms with E-state index in [-0.39, 0.29) is 30.4 Å². The van der Waals surface area contributed by atoms with Gasteiger partial charge in [-0.25, -0.2) is 4.79 Å². The van der Waals surface area contributed by atoms with Crippen LogP contribution >= 0.6 is 12.4 Å². The number of urea groups is 1. The van der Waals surface area contributed by atoms with Crippen molar-refractivity contribution in [1.82, 2.24) is 20.9 Å². The number of nitrogens with zero attached hydrogens (tertiary/aromatic N) is 1.